The van der Waals surface area contributed by atoms with Crippen molar-refractivity contribution in [2.24, 2.45) is 5.73 Å². The smallest absolute Gasteiger partial charge is 0.145 e. The minimum atomic E-state index is -0.309. The van der Waals surface area contributed by atoms with Crippen molar-refractivity contribution in [1.82, 2.24) is 0 Å². The molecule has 0 saturated heterocycles. The van der Waals surface area contributed by atoms with Gasteiger partial charge in [-0.3, -0.25) is 0 Å². The molecular formula is C12H15ClFN. The number of hydrogen-bond acceptors (Lipinski definition) is 1. The van der Waals surface area contributed by atoms with E-state index in [0.29, 0.717) is 12.0 Å². The van der Waals surface area contributed by atoms with Crippen LogP contribution in [0.5, 0.6) is 0 Å². The van der Waals surface area contributed by atoms with Crippen molar-refractivity contribution in [2.45, 2.75) is 37.6 Å². The van der Waals surface area contributed by atoms with Crippen LogP contribution in [0.4, 0.5) is 4.39 Å². The monoisotopic (exact) mass is 227 g/mol. The predicted octanol–water partition coefficient (Wildman–Crippen LogP) is 3.29. The molecule has 0 atom stereocenters. The minimum Gasteiger partial charge on any atom is -0.325 e. The quantitative estimate of drug-likeness (QED) is 0.825. The zero-order valence-electron chi connectivity index (χ0n) is 8.60. The molecule has 1 aromatic rings. The maximum atomic E-state index is 13.6. The Balaban J connectivity index is 2.20. The lowest BCUT2D eigenvalue weighted by Crippen LogP contribution is -2.39. The highest BCUT2D eigenvalue weighted by Crippen LogP contribution is 2.31. The van der Waals surface area contributed by atoms with Gasteiger partial charge in [-0.2, -0.15) is 0 Å². The molecular weight excluding hydrogens is 213 g/mol. The average Bonchev–Trinajstić information content (AvgIpc) is 2.60. The highest BCUT2D eigenvalue weighted by Gasteiger charge is 2.30. The summed E-state index contributed by atoms with van der Waals surface area (Å²) in [4.78, 5) is 0. The molecule has 0 radical (unpaired) electrons. The average molecular weight is 228 g/mol. The van der Waals surface area contributed by atoms with E-state index in [1.165, 1.54) is 0 Å². The fraction of sp³-hybridized carbons (Fsp3) is 0.500. The van der Waals surface area contributed by atoms with Gasteiger partial charge >= 0.3 is 0 Å². The fourth-order valence-electron chi connectivity index (χ4n) is 2.32. The van der Waals surface area contributed by atoms with Crippen molar-refractivity contribution in [3.63, 3.8) is 0 Å². The van der Waals surface area contributed by atoms with E-state index in [4.69, 9.17) is 17.3 Å². The molecule has 2 rings (SSSR count). The lowest BCUT2D eigenvalue weighted by atomic mass is 9.90. The molecule has 3 heteroatoms. The Labute approximate surface area is 94.4 Å². The van der Waals surface area contributed by atoms with Gasteiger partial charge in [-0.15, -0.1) is 0 Å². The van der Waals surface area contributed by atoms with Gasteiger partial charge in [0.15, 0.2) is 0 Å². The number of rotatable bonds is 2. The van der Waals surface area contributed by atoms with Crippen LogP contribution in [0.1, 0.15) is 31.2 Å². The SMILES string of the molecule is NC1(Cc2cccc(Cl)c2F)CCCC1. The highest BCUT2D eigenvalue weighted by molar-refractivity contribution is 6.30. The van der Waals surface area contributed by atoms with E-state index >= 15 is 0 Å². The first kappa shape index (κ1) is 10.9. The highest BCUT2D eigenvalue weighted by atomic mass is 35.5. The third-order valence-corrected chi connectivity index (χ3v) is 3.47. The second-order valence-corrected chi connectivity index (χ2v) is 4.87. The summed E-state index contributed by atoms with van der Waals surface area (Å²) in [5.74, 6) is -0.309. The van der Waals surface area contributed by atoms with Crippen molar-refractivity contribution in [2.75, 3.05) is 0 Å². The van der Waals surface area contributed by atoms with E-state index < -0.39 is 0 Å². The first-order valence-electron chi connectivity index (χ1n) is 5.32. The normalized spacial score (nSPS) is 19.4. The van der Waals surface area contributed by atoms with Gasteiger partial charge in [0.05, 0.1) is 5.02 Å². The molecule has 0 aliphatic heterocycles. The molecule has 1 aromatic carbocycles. The van der Waals surface area contributed by atoms with Gasteiger partial charge in [0, 0.05) is 5.54 Å². The van der Waals surface area contributed by atoms with E-state index in [9.17, 15) is 4.39 Å². The van der Waals surface area contributed by atoms with Gasteiger partial charge < -0.3 is 5.73 Å². The van der Waals surface area contributed by atoms with Crippen LogP contribution in [0.25, 0.3) is 0 Å². The summed E-state index contributed by atoms with van der Waals surface area (Å²) in [6, 6.07) is 5.12. The van der Waals surface area contributed by atoms with Gasteiger partial charge in [0.25, 0.3) is 0 Å². The molecule has 1 saturated carbocycles. The fourth-order valence-corrected chi connectivity index (χ4v) is 2.51. The molecule has 1 fully saturated rings. The zero-order valence-corrected chi connectivity index (χ0v) is 9.36. The molecule has 1 nitrogen and oxygen atoms in total. The second kappa shape index (κ2) is 4.11. The van der Waals surface area contributed by atoms with E-state index in [0.717, 1.165) is 25.7 Å². The van der Waals surface area contributed by atoms with Crippen LogP contribution in [-0.4, -0.2) is 5.54 Å². The third-order valence-electron chi connectivity index (χ3n) is 3.17. The summed E-state index contributed by atoms with van der Waals surface area (Å²) < 4.78 is 13.6. The Morgan fingerprint density at radius 1 is 1.33 bits per heavy atom. The Hall–Kier alpha value is -0.600. The van der Waals surface area contributed by atoms with E-state index in [1.54, 1.807) is 18.2 Å². The molecule has 0 spiro atoms. The van der Waals surface area contributed by atoms with Gasteiger partial charge in [-0.1, -0.05) is 36.6 Å². The summed E-state index contributed by atoms with van der Waals surface area (Å²) in [6.45, 7) is 0. The Morgan fingerprint density at radius 3 is 2.67 bits per heavy atom. The Kier molecular flexibility index (Phi) is 2.98. The van der Waals surface area contributed by atoms with Gasteiger partial charge in [0.2, 0.25) is 0 Å². The lowest BCUT2D eigenvalue weighted by Gasteiger charge is -2.23. The molecule has 0 amide bonds. The van der Waals surface area contributed by atoms with E-state index in [1.807, 2.05) is 0 Å². The molecule has 1 aliphatic carbocycles. The molecule has 2 N–H and O–H groups in total. The Morgan fingerprint density at radius 2 is 2.00 bits per heavy atom. The number of nitrogens with two attached hydrogens (primary N) is 1. The van der Waals surface area contributed by atoms with Crippen LogP contribution < -0.4 is 5.73 Å². The summed E-state index contributed by atoms with van der Waals surface area (Å²) in [6.07, 6.45) is 4.87. The first-order valence-corrected chi connectivity index (χ1v) is 5.70. The van der Waals surface area contributed by atoms with Crippen LogP contribution in [0.2, 0.25) is 5.02 Å². The van der Waals surface area contributed by atoms with Crippen LogP contribution in [0.15, 0.2) is 18.2 Å². The molecule has 0 unspecified atom stereocenters. The van der Waals surface area contributed by atoms with Crippen molar-refractivity contribution >= 4 is 11.6 Å². The van der Waals surface area contributed by atoms with Crippen molar-refractivity contribution in [1.29, 1.82) is 0 Å². The van der Waals surface area contributed by atoms with E-state index in [2.05, 4.69) is 0 Å². The minimum absolute atomic E-state index is 0.189. The summed E-state index contributed by atoms with van der Waals surface area (Å²) in [5.41, 5.74) is 6.63. The topological polar surface area (TPSA) is 26.0 Å². The first-order chi connectivity index (χ1) is 7.11. The zero-order chi connectivity index (χ0) is 10.9. The number of benzene rings is 1. The second-order valence-electron chi connectivity index (χ2n) is 4.46. The molecule has 15 heavy (non-hydrogen) atoms. The third kappa shape index (κ3) is 2.32. The van der Waals surface area contributed by atoms with Crippen molar-refractivity contribution < 1.29 is 4.39 Å². The maximum absolute atomic E-state index is 13.6. The molecule has 0 heterocycles. The van der Waals surface area contributed by atoms with Crippen LogP contribution >= 0.6 is 11.6 Å². The standard InChI is InChI=1S/C12H15ClFN/c13-10-5-3-4-9(11(10)14)8-12(15)6-1-2-7-12/h3-5H,1-2,6-8,15H2. The van der Waals surface area contributed by atoms with Gasteiger partial charge in [-0.25, -0.2) is 4.39 Å². The van der Waals surface area contributed by atoms with Crippen LogP contribution in [-0.2, 0) is 6.42 Å². The lowest BCUT2D eigenvalue weighted by molar-refractivity contribution is 0.427. The number of hydrogen-bond donors (Lipinski definition) is 1. The van der Waals surface area contributed by atoms with Gasteiger partial charge in [-0.05, 0) is 30.9 Å². The molecule has 0 bridgehead atoms. The molecule has 82 valence electrons. The Bertz CT molecular complexity index is 359. The molecule has 1 aliphatic rings. The van der Waals surface area contributed by atoms with Crippen molar-refractivity contribution in [3.05, 3.63) is 34.6 Å². The van der Waals surface area contributed by atoms with E-state index in [-0.39, 0.29) is 16.4 Å². The number of halogens is 2. The van der Waals surface area contributed by atoms with Crippen LogP contribution in [0.3, 0.4) is 0 Å². The summed E-state index contributed by atoms with van der Waals surface area (Å²) in [5, 5.41) is 0.189. The predicted molar refractivity (Wildman–Crippen MR) is 60.5 cm³/mol. The maximum Gasteiger partial charge on any atom is 0.145 e. The van der Waals surface area contributed by atoms with Crippen molar-refractivity contribution in [3.8, 4) is 0 Å². The van der Waals surface area contributed by atoms with Gasteiger partial charge in [0.1, 0.15) is 5.82 Å². The summed E-state index contributed by atoms with van der Waals surface area (Å²) in [7, 11) is 0. The van der Waals surface area contributed by atoms with Crippen LogP contribution in [0, 0.1) is 5.82 Å². The molecule has 0 aromatic heterocycles. The largest absolute Gasteiger partial charge is 0.325 e. The summed E-state index contributed by atoms with van der Waals surface area (Å²) >= 11 is 5.73.